The maximum atomic E-state index is 13.4. The zero-order valence-electron chi connectivity index (χ0n) is 12.6. The molecular formula is C18H19FN2O. The summed E-state index contributed by atoms with van der Waals surface area (Å²) in [5.41, 5.74) is 2.70. The van der Waals surface area contributed by atoms with Gasteiger partial charge in [0.05, 0.1) is 6.04 Å². The minimum Gasteiger partial charge on any atom is -0.317 e. The second-order valence-electron chi connectivity index (χ2n) is 5.65. The predicted octanol–water partition coefficient (Wildman–Crippen LogP) is 4.50. The summed E-state index contributed by atoms with van der Waals surface area (Å²) in [6.07, 6.45) is 1.80. The van der Waals surface area contributed by atoms with Crippen LogP contribution in [-0.2, 0) is 0 Å². The van der Waals surface area contributed by atoms with Crippen molar-refractivity contribution in [3.05, 3.63) is 65.5 Å². The number of halogens is 1. The van der Waals surface area contributed by atoms with Gasteiger partial charge in [-0.15, -0.1) is 0 Å². The third-order valence-corrected chi connectivity index (χ3v) is 4.13. The van der Waals surface area contributed by atoms with Crippen LogP contribution in [0.3, 0.4) is 0 Å². The first-order chi connectivity index (χ1) is 10.6. The van der Waals surface area contributed by atoms with E-state index >= 15 is 0 Å². The molecule has 1 N–H and O–H groups in total. The number of para-hydroxylation sites is 1. The molecule has 1 fully saturated rings. The second-order valence-corrected chi connectivity index (χ2v) is 5.65. The van der Waals surface area contributed by atoms with Gasteiger partial charge in [0.25, 0.3) is 0 Å². The first kappa shape index (κ1) is 14.6. The van der Waals surface area contributed by atoms with E-state index in [1.165, 1.54) is 12.1 Å². The molecule has 3 rings (SSSR count). The summed E-state index contributed by atoms with van der Waals surface area (Å²) in [5, 5.41) is 2.96. The van der Waals surface area contributed by atoms with E-state index in [9.17, 15) is 9.18 Å². The molecule has 0 radical (unpaired) electrons. The number of nitrogens with one attached hydrogen (secondary N) is 1. The molecule has 0 aliphatic carbocycles. The lowest BCUT2D eigenvalue weighted by Crippen LogP contribution is -2.34. The van der Waals surface area contributed by atoms with E-state index in [1.54, 1.807) is 11.0 Å². The van der Waals surface area contributed by atoms with Gasteiger partial charge in [0, 0.05) is 12.2 Å². The van der Waals surface area contributed by atoms with Crippen molar-refractivity contribution in [3.8, 4) is 0 Å². The number of hydrogen-bond donors (Lipinski definition) is 1. The van der Waals surface area contributed by atoms with Crippen molar-refractivity contribution < 1.29 is 9.18 Å². The molecule has 0 unspecified atom stereocenters. The van der Waals surface area contributed by atoms with Gasteiger partial charge in [0.1, 0.15) is 5.82 Å². The minimum atomic E-state index is -0.260. The summed E-state index contributed by atoms with van der Waals surface area (Å²) in [6, 6.07) is 14.0. The lowest BCUT2D eigenvalue weighted by Gasteiger charge is -2.25. The van der Waals surface area contributed by atoms with Crippen LogP contribution in [0.25, 0.3) is 0 Å². The highest BCUT2D eigenvalue weighted by Crippen LogP contribution is 2.32. The summed E-state index contributed by atoms with van der Waals surface area (Å²) in [6.45, 7) is 2.66. The van der Waals surface area contributed by atoms with E-state index < -0.39 is 0 Å². The number of carbonyl (C=O) groups is 1. The Labute approximate surface area is 129 Å². The van der Waals surface area contributed by atoms with E-state index in [2.05, 4.69) is 5.32 Å². The van der Waals surface area contributed by atoms with Gasteiger partial charge < -0.3 is 10.2 Å². The molecule has 1 aliphatic heterocycles. The molecule has 0 aromatic heterocycles. The van der Waals surface area contributed by atoms with Crippen LogP contribution >= 0.6 is 0 Å². The largest absolute Gasteiger partial charge is 0.322 e. The Bertz CT molecular complexity index is 686. The van der Waals surface area contributed by atoms with Crippen LogP contribution in [0.2, 0.25) is 0 Å². The SMILES string of the molecule is Cc1ccccc1NC(=O)N1CCC[C@@H]1c1cccc(F)c1. The van der Waals surface area contributed by atoms with Gasteiger partial charge in [-0.3, -0.25) is 0 Å². The van der Waals surface area contributed by atoms with E-state index in [0.717, 1.165) is 29.7 Å². The monoisotopic (exact) mass is 298 g/mol. The molecule has 0 spiro atoms. The molecule has 2 amide bonds. The molecule has 22 heavy (non-hydrogen) atoms. The average Bonchev–Trinajstić information content (AvgIpc) is 2.99. The average molecular weight is 298 g/mol. The number of amides is 2. The van der Waals surface area contributed by atoms with Gasteiger partial charge in [0.2, 0.25) is 0 Å². The van der Waals surface area contributed by atoms with Crippen molar-refractivity contribution in [2.45, 2.75) is 25.8 Å². The summed E-state index contributed by atoms with van der Waals surface area (Å²) >= 11 is 0. The number of carbonyl (C=O) groups excluding carboxylic acids is 1. The van der Waals surface area contributed by atoms with Crippen molar-refractivity contribution in [1.82, 2.24) is 4.90 Å². The molecule has 0 bridgehead atoms. The van der Waals surface area contributed by atoms with Gasteiger partial charge in [-0.1, -0.05) is 30.3 Å². The summed E-state index contributed by atoms with van der Waals surface area (Å²) < 4.78 is 13.4. The Morgan fingerprint density at radius 3 is 2.82 bits per heavy atom. The lowest BCUT2D eigenvalue weighted by molar-refractivity contribution is 0.207. The standard InChI is InChI=1S/C18H19FN2O/c1-13-6-2-3-9-16(13)20-18(22)21-11-5-10-17(21)14-7-4-8-15(19)12-14/h2-4,6-9,12,17H,5,10-11H2,1H3,(H,20,22)/t17-/m1/s1. The fourth-order valence-corrected chi connectivity index (χ4v) is 2.97. The van der Waals surface area contributed by atoms with Crippen LogP contribution < -0.4 is 5.32 Å². The molecule has 1 saturated heterocycles. The Morgan fingerprint density at radius 1 is 1.23 bits per heavy atom. The molecule has 4 heteroatoms. The highest BCUT2D eigenvalue weighted by atomic mass is 19.1. The van der Waals surface area contributed by atoms with Gasteiger partial charge in [-0.05, 0) is 49.1 Å². The Morgan fingerprint density at radius 2 is 2.05 bits per heavy atom. The first-order valence-electron chi connectivity index (χ1n) is 7.54. The first-order valence-corrected chi connectivity index (χ1v) is 7.54. The predicted molar refractivity (Wildman–Crippen MR) is 85.3 cm³/mol. The second kappa shape index (κ2) is 6.18. The van der Waals surface area contributed by atoms with Crippen LogP contribution in [-0.4, -0.2) is 17.5 Å². The molecule has 2 aromatic carbocycles. The number of anilines is 1. The van der Waals surface area contributed by atoms with Crippen LogP contribution in [0.4, 0.5) is 14.9 Å². The zero-order chi connectivity index (χ0) is 15.5. The molecule has 3 nitrogen and oxygen atoms in total. The van der Waals surface area contributed by atoms with Gasteiger partial charge in [-0.25, -0.2) is 9.18 Å². The number of benzene rings is 2. The highest BCUT2D eigenvalue weighted by Gasteiger charge is 2.30. The fourth-order valence-electron chi connectivity index (χ4n) is 2.97. The number of rotatable bonds is 2. The number of hydrogen-bond acceptors (Lipinski definition) is 1. The molecule has 1 heterocycles. The van der Waals surface area contributed by atoms with Gasteiger partial charge >= 0.3 is 6.03 Å². The van der Waals surface area contributed by atoms with Crippen LogP contribution in [0, 0.1) is 12.7 Å². The highest BCUT2D eigenvalue weighted by molar-refractivity contribution is 5.90. The smallest absolute Gasteiger partial charge is 0.317 e. The Hall–Kier alpha value is -2.36. The molecular weight excluding hydrogens is 279 g/mol. The van der Waals surface area contributed by atoms with Gasteiger partial charge in [0.15, 0.2) is 0 Å². The van der Waals surface area contributed by atoms with Crippen LogP contribution in [0.15, 0.2) is 48.5 Å². The van der Waals surface area contributed by atoms with Crippen LogP contribution in [0.1, 0.15) is 30.0 Å². The topological polar surface area (TPSA) is 32.3 Å². The maximum Gasteiger partial charge on any atom is 0.322 e. The molecule has 1 aliphatic rings. The van der Waals surface area contributed by atoms with E-state index in [4.69, 9.17) is 0 Å². The van der Waals surface area contributed by atoms with Crippen molar-refractivity contribution >= 4 is 11.7 Å². The fraction of sp³-hybridized carbons (Fsp3) is 0.278. The van der Waals surface area contributed by atoms with Crippen molar-refractivity contribution in [2.75, 3.05) is 11.9 Å². The number of likely N-dealkylation sites (tertiary alicyclic amines) is 1. The van der Waals surface area contributed by atoms with E-state index in [0.29, 0.717) is 6.54 Å². The normalized spacial score (nSPS) is 17.5. The quantitative estimate of drug-likeness (QED) is 0.869. The maximum absolute atomic E-state index is 13.4. The van der Waals surface area contributed by atoms with Crippen LogP contribution in [0.5, 0.6) is 0 Å². The summed E-state index contributed by atoms with van der Waals surface area (Å²) in [7, 11) is 0. The number of urea groups is 1. The lowest BCUT2D eigenvalue weighted by atomic mass is 10.0. The molecule has 2 aromatic rings. The Kier molecular flexibility index (Phi) is 4.09. The third-order valence-electron chi connectivity index (χ3n) is 4.13. The number of aryl methyl sites for hydroxylation is 1. The zero-order valence-corrected chi connectivity index (χ0v) is 12.6. The third kappa shape index (κ3) is 2.96. The van der Waals surface area contributed by atoms with E-state index in [1.807, 2.05) is 37.3 Å². The molecule has 1 atom stereocenters. The Balaban J connectivity index is 1.78. The van der Waals surface area contributed by atoms with Crippen molar-refractivity contribution in [3.63, 3.8) is 0 Å². The van der Waals surface area contributed by atoms with Crippen molar-refractivity contribution in [2.24, 2.45) is 0 Å². The molecule has 0 saturated carbocycles. The van der Waals surface area contributed by atoms with Gasteiger partial charge in [-0.2, -0.15) is 0 Å². The van der Waals surface area contributed by atoms with Crippen molar-refractivity contribution in [1.29, 1.82) is 0 Å². The minimum absolute atomic E-state index is 0.0558. The van der Waals surface area contributed by atoms with E-state index in [-0.39, 0.29) is 17.9 Å². The summed E-state index contributed by atoms with van der Waals surface area (Å²) in [5.74, 6) is -0.260. The number of nitrogens with zero attached hydrogens (tertiary/aromatic N) is 1. The summed E-state index contributed by atoms with van der Waals surface area (Å²) in [4.78, 5) is 14.3. The molecule has 114 valence electrons.